The molecule has 2 aliphatic rings. The number of hydrogen-bond acceptors (Lipinski definition) is 3. The predicted molar refractivity (Wildman–Crippen MR) is 131 cm³/mol. The first-order valence-electron chi connectivity index (χ1n) is 10.7. The lowest BCUT2D eigenvalue weighted by Gasteiger charge is -2.37. The first-order chi connectivity index (χ1) is 13.3. The number of hydrogen-bond donors (Lipinski definition) is 1. The molecule has 2 fully saturated rings. The van der Waals surface area contributed by atoms with E-state index in [2.05, 4.69) is 62.3 Å². The first kappa shape index (κ1) is 23.3. The van der Waals surface area contributed by atoms with Crippen LogP contribution in [0.5, 0.6) is 0 Å². The van der Waals surface area contributed by atoms with Crippen molar-refractivity contribution in [3.8, 4) is 0 Å². The second kappa shape index (κ2) is 12.5. The number of aliphatic imine (C=N–C) groups is 1. The molecule has 1 aromatic rings. The number of benzene rings is 1. The van der Waals surface area contributed by atoms with Crippen molar-refractivity contribution in [3.63, 3.8) is 0 Å². The van der Waals surface area contributed by atoms with Crippen LogP contribution in [0.25, 0.3) is 0 Å². The van der Waals surface area contributed by atoms with Gasteiger partial charge in [-0.2, -0.15) is 0 Å². The van der Waals surface area contributed by atoms with Gasteiger partial charge in [-0.25, -0.2) is 0 Å². The highest BCUT2D eigenvalue weighted by Gasteiger charge is 2.19. The summed E-state index contributed by atoms with van der Waals surface area (Å²) in [5, 5.41) is 3.58. The number of piperazine rings is 1. The molecule has 5 nitrogen and oxygen atoms in total. The monoisotopic (exact) mass is 499 g/mol. The van der Waals surface area contributed by atoms with E-state index in [0.29, 0.717) is 0 Å². The SMILES string of the molecule is CN=C(NCCCCN1CCC(C)CC1)N1CCN(c2ccccc2)CC1.I. The van der Waals surface area contributed by atoms with Crippen LogP contribution in [-0.4, -0.2) is 75.2 Å². The number of anilines is 1. The zero-order chi connectivity index (χ0) is 18.9. The fourth-order valence-electron chi connectivity index (χ4n) is 4.09. The number of likely N-dealkylation sites (tertiary alicyclic amines) is 1. The number of nitrogens with one attached hydrogen (secondary N) is 1. The molecular weight excluding hydrogens is 461 g/mol. The highest BCUT2D eigenvalue weighted by atomic mass is 127. The topological polar surface area (TPSA) is 34.1 Å². The van der Waals surface area contributed by atoms with Crippen molar-refractivity contribution in [2.45, 2.75) is 32.6 Å². The molecular formula is C22H38IN5. The number of guanidine groups is 1. The highest BCUT2D eigenvalue weighted by Crippen LogP contribution is 2.17. The van der Waals surface area contributed by atoms with Crippen LogP contribution >= 0.6 is 24.0 Å². The molecule has 1 aromatic carbocycles. The molecule has 0 bridgehead atoms. The summed E-state index contributed by atoms with van der Waals surface area (Å²) in [5.41, 5.74) is 1.33. The van der Waals surface area contributed by atoms with Gasteiger partial charge in [-0.1, -0.05) is 25.1 Å². The minimum absolute atomic E-state index is 0. The molecule has 2 aliphatic heterocycles. The molecule has 3 rings (SSSR count). The van der Waals surface area contributed by atoms with Gasteiger partial charge in [-0.3, -0.25) is 4.99 Å². The second-order valence-corrected chi connectivity index (χ2v) is 8.01. The van der Waals surface area contributed by atoms with E-state index in [1.807, 2.05) is 7.05 Å². The van der Waals surface area contributed by atoms with Gasteiger partial charge >= 0.3 is 0 Å². The lowest BCUT2D eigenvalue weighted by atomic mass is 9.99. The number of halogens is 1. The van der Waals surface area contributed by atoms with Gasteiger partial charge in [0.05, 0.1) is 0 Å². The zero-order valence-corrected chi connectivity index (χ0v) is 20.0. The van der Waals surface area contributed by atoms with E-state index in [-0.39, 0.29) is 24.0 Å². The molecule has 0 aliphatic carbocycles. The highest BCUT2D eigenvalue weighted by molar-refractivity contribution is 14.0. The van der Waals surface area contributed by atoms with Crippen LogP contribution in [0.2, 0.25) is 0 Å². The molecule has 0 amide bonds. The third-order valence-electron chi connectivity index (χ3n) is 5.97. The Morgan fingerprint density at radius 3 is 2.32 bits per heavy atom. The molecule has 0 aromatic heterocycles. The molecule has 0 radical (unpaired) electrons. The normalized spacial score (nSPS) is 19.4. The maximum Gasteiger partial charge on any atom is 0.193 e. The number of piperidine rings is 1. The molecule has 158 valence electrons. The summed E-state index contributed by atoms with van der Waals surface area (Å²) in [6.45, 7) is 11.4. The van der Waals surface area contributed by atoms with Crippen molar-refractivity contribution in [2.24, 2.45) is 10.9 Å². The van der Waals surface area contributed by atoms with Crippen molar-refractivity contribution >= 4 is 35.6 Å². The average Bonchev–Trinajstić information content (AvgIpc) is 2.73. The van der Waals surface area contributed by atoms with Crippen LogP contribution < -0.4 is 10.2 Å². The number of rotatable bonds is 6. The van der Waals surface area contributed by atoms with Crippen LogP contribution in [0.3, 0.4) is 0 Å². The molecule has 0 spiro atoms. The minimum atomic E-state index is 0. The minimum Gasteiger partial charge on any atom is -0.368 e. The van der Waals surface area contributed by atoms with E-state index in [9.17, 15) is 0 Å². The van der Waals surface area contributed by atoms with Crippen LogP contribution in [0.1, 0.15) is 32.6 Å². The Morgan fingerprint density at radius 2 is 1.68 bits per heavy atom. The van der Waals surface area contributed by atoms with Crippen LogP contribution in [-0.2, 0) is 0 Å². The van der Waals surface area contributed by atoms with Crippen LogP contribution in [0, 0.1) is 5.92 Å². The van der Waals surface area contributed by atoms with Gasteiger partial charge in [0.15, 0.2) is 5.96 Å². The Balaban J connectivity index is 0.00000280. The van der Waals surface area contributed by atoms with Crippen molar-refractivity contribution in [2.75, 3.05) is 64.3 Å². The van der Waals surface area contributed by atoms with Crippen LogP contribution in [0.4, 0.5) is 5.69 Å². The summed E-state index contributed by atoms with van der Waals surface area (Å²) >= 11 is 0. The number of unbranched alkanes of at least 4 members (excludes halogenated alkanes) is 1. The Kier molecular flexibility index (Phi) is 10.4. The molecule has 0 saturated carbocycles. The van der Waals surface area contributed by atoms with Crippen LogP contribution in [0.15, 0.2) is 35.3 Å². The summed E-state index contributed by atoms with van der Waals surface area (Å²) < 4.78 is 0. The fraction of sp³-hybridized carbons (Fsp3) is 0.682. The Labute approximate surface area is 188 Å². The van der Waals surface area contributed by atoms with Gasteiger partial charge in [-0.15, -0.1) is 24.0 Å². The van der Waals surface area contributed by atoms with E-state index >= 15 is 0 Å². The fourth-order valence-corrected chi connectivity index (χ4v) is 4.09. The van der Waals surface area contributed by atoms with E-state index in [1.54, 1.807) is 0 Å². The van der Waals surface area contributed by atoms with E-state index in [0.717, 1.165) is 44.6 Å². The van der Waals surface area contributed by atoms with Gasteiger partial charge in [0.1, 0.15) is 0 Å². The smallest absolute Gasteiger partial charge is 0.193 e. The van der Waals surface area contributed by atoms with E-state index < -0.39 is 0 Å². The maximum atomic E-state index is 4.51. The first-order valence-corrected chi connectivity index (χ1v) is 10.7. The molecule has 1 N–H and O–H groups in total. The lowest BCUT2D eigenvalue weighted by molar-refractivity contribution is 0.189. The van der Waals surface area contributed by atoms with E-state index in [1.165, 1.54) is 51.0 Å². The number of nitrogens with zero attached hydrogens (tertiary/aromatic N) is 4. The van der Waals surface area contributed by atoms with Gasteiger partial charge in [-0.05, 0) is 63.4 Å². The Morgan fingerprint density at radius 1 is 1.00 bits per heavy atom. The second-order valence-electron chi connectivity index (χ2n) is 8.01. The quantitative estimate of drug-likeness (QED) is 0.281. The number of para-hydroxylation sites is 1. The van der Waals surface area contributed by atoms with Crippen molar-refractivity contribution in [1.82, 2.24) is 15.1 Å². The summed E-state index contributed by atoms with van der Waals surface area (Å²) in [5.74, 6) is 1.99. The predicted octanol–water partition coefficient (Wildman–Crippen LogP) is 3.51. The molecule has 0 unspecified atom stereocenters. The molecule has 2 heterocycles. The third kappa shape index (κ3) is 7.10. The largest absolute Gasteiger partial charge is 0.368 e. The summed E-state index contributed by atoms with van der Waals surface area (Å²) in [6, 6.07) is 10.7. The summed E-state index contributed by atoms with van der Waals surface area (Å²) in [4.78, 5) is 12.0. The molecule has 6 heteroatoms. The molecule has 0 atom stereocenters. The van der Waals surface area contributed by atoms with Crippen molar-refractivity contribution in [1.29, 1.82) is 0 Å². The van der Waals surface area contributed by atoms with Gasteiger partial charge in [0.25, 0.3) is 0 Å². The van der Waals surface area contributed by atoms with E-state index in [4.69, 9.17) is 0 Å². The molecule has 28 heavy (non-hydrogen) atoms. The van der Waals surface area contributed by atoms with Gasteiger partial charge < -0.3 is 20.0 Å². The average molecular weight is 499 g/mol. The zero-order valence-electron chi connectivity index (χ0n) is 17.6. The standard InChI is InChI=1S/C22H37N5.HI/c1-20-10-14-25(15-11-20)13-7-6-12-24-22(23-2)27-18-16-26(17-19-27)21-8-4-3-5-9-21;/h3-5,8-9,20H,6-7,10-19H2,1-2H3,(H,23,24);1H. The maximum absolute atomic E-state index is 4.51. The molecule has 2 saturated heterocycles. The Bertz CT molecular complexity index is 564. The lowest BCUT2D eigenvalue weighted by Crippen LogP contribution is -2.52. The van der Waals surface area contributed by atoms with Crippen molar-refractivity contribution in [3.05, 3.63) is 30.3 Å². The third-order valence-corrected chi connectivity index (χ3v) is 5.97. The van der Waals surface area contributed by atoms with Crippen molar-refractivity contribution < 1.29 is 0 Å². The summed E-state index contributed by atoms with van der Waals surface area (Å²) in [6.07, 6.45) is 5.24. The summed E-state index contributed by atoms with van der Waals surface area (Å²) in [7, 11) is 1.90. The Hall–Kier alpha value is -1.02. The van der Waals surface area contributed by atoms with Gasteiger partial charge in [0.2, 0.25) is 0 Å². The van der Waals surface area contributed by atoms with Gasteiger partial charge in [0, 0.05) is 45.5 Å².